The van der Waals surface area contributed by atoms with Crippen molar-refractivity contribution in [2.45, 2.75) is 33.1 Å². The number of aromatic nitrogens is 2. The van der Waals surface area contributed by atoms with Gasteiger partial charge in [0.1, 0.15) is 5.75 Å². The van der Waals surface area contributed by atoms with Gasteiger partial charge in [0.2, 0.25) is 0 Å². The van der Waals surface area contributed by atoms with Gasteiger partial charge in [0.25, 0.3) is 17.7 Å². The number of amides is 1. The zero-order chi connectivity index (χ0) is 19.4. The summed E-state index contributed by atoms with van der Waals surface area (Å²) in [5, 5.41) is 6.37. The van der Waals surface area contributed by atoms with Crippen molar-refractivity contribution >= 4 is 11.9 Å². The van der Waals surface area contributed by atoms with E-state index in [1.807, 2.05) is 55.5 Å². The molecule has 1 amide bonds. The molecule has 6 heteroatoms. The third-order valence-corrected chi connectivity index (χ3v) is 4.07. The van der Waals surface area contributed by atoms with E-state index in [1.165, 1.54) is 5.56 Å². The molecule has 0 aliphatic carbocycles. The Morgan fingerprint density at radius 2 is 1.74 bits per heavy atom. The van der Waals surface area contributed by atoms with Crippen LogP contribution in [0.5, 0.6) is 5.75 Å². The Bertz CT molecular complexity index is 907. The number of rotatable bonds is 5. The Morgan fingerprint density at radius 3 is 2.37 bits per heavy atom. The summed E-state index contributed by atoms with van der Waals surface area (Å²) < 4.78 is 10.7. The molecule has 6 nitrogen and oxygen atoms in total. The normalized spacial score (nSPS) is 11.3. The molecule has 0 fully saturated rings. The standard InChI is InChI=1S/C21H23N3O3/c1-14-5-11-17(12-6-14)26-13-18(25)22-20-23-19(27-24-20)15-7-9-16(10-8-15)21(2,3)4/h5-12H,13H2,1-4H3,(H,22,24,25). The molecule has 1 aromatic heterocycles. The van der Waals surface area contributed by atoms with Crippen LogP contribution >= 0.6 is 0 Å². The molecule has 2 aromatic carbocycles. The topological polar surface area (TPSA) is 77.2 Å². The average Bonchev–Trinajstić information content (AvgIpc) is 3.09. The van der Waals surface area contributed by atoms with Crippen molar-refractivity contribution in [1.82, 2.24) is 10.1 Å². The molecular formula is C21H23N3O3. The smallest absolute Gasteiger partial charge is 0.270 e. The van der Waals surface area contributed by atoms with Gasteiger partial charge in [-0.3, -0.25) is 10.1 Å². The van der Waals surface area contributed by atoms with Crippen LogP contribution in [0.25, 0.3) is 11.5 Å². The second-order valence-electron chi connectivity index (χ2n) is 7.40. The van der Waals surface area contributed by atoms with Crippen molar-refractivity contribution in [2.75, 3.05) is 11.9 Å². The summed E-state index contributed by atoms with van der Waals surface area (Å²) in [4.78, 5) is 16.2. The van der Waals surface area contributed by atoms with Crippen molar-refractivity contribution in [3.63, 3.8) is 0 Å². The SMILES string of the molecule is Cc1ccc(OCC(=O)Nc2noc(-c3ccc(C(C)(C)C)cc3)n2)cc1. The Morgan fingerprint density at radius 1 is 1.07 bits per heavy atom. The summed E-state index contributed by atoms with van der Waals surface area (Å²) in [6.07, 6.45) is 0. The summed E-state index contributed by atoms with van der Waals surface area (Å²) >= 11 is 0. The van der Waals surface area contributed by atoms with Crippen LogP contribution in [0.4, 0.5) is 5.95 Å². The average molecular weight is 365 g/mol. The largest absolute Gasteiger partial charge is 0.484 e. The van der Waals surface area contributed by atoms with E-state index in [0.29, 0.717) is 11.6 Å². The van der Waals surface area contributed by atoms with Crippen LogP contribution in [0.2, 0.25) is 0 Å². The van der Waals surface area contributed by atoms with E-state index < -0.39 is 0 Å². The Hall–Kier alpha value is -3.15. The molecule has 0 aliphatic rings. The maximum absolute atomic E-state index is 12.0. The highest BCUT2D eigenvalue weighted by atomic mass is 16.5. The molecular weight excluding hydrogens is 342 g/mol. The number of hydrogen-bond donors (Lipinski definition) is 1. The summed E-state index contributed by atoms with van der Waals surface area (Å²) in [6.45, 7) is 8.32. The second-order valence-corrected chi connectivity index (χ2v) is 7.40. The van der Waals surface area contributed by atoms with Gasteiger partial charge in [-0.25, -0.2) is 0 Å². The van der Waals surface area contributed by atoms with E-state index in [0.717, 1.165) is 11.1 Å². The van der Waals surface area contributed by atoms with Crippen LogP contribution in [0, 0.1) is 6.92 Å². The van der Waals surface area contributed by atoms with Gasteiger partial charge in [-0.15, -0.1) is 0 Å². The lowest BCUT2D eigenvalue weighted by molar-refractivity contribution is -0.118. The predicted molar refractivity (Wildman–Crippen MR) is 104 cm³/mol. The molecule has 0 saturated carbocycles. The van der Waals surface area contributed by atoms with Crippen LogP contribution < -0.4 is 10.1 Å². The quantitative estimate of drug-likeness (QED) is 0.727. The van der Waals surface area contributed by atoms with Crippen LogP contribution in [0.15, 0.2) is 53.1 Å². The van der Waals surface area contributed by atoms with Crippen LogP contribution in [-0.2, 0) is 10.2 Å². The van der Waals surface area contributed by atoms with Gasteiger partial charge in [-0.2, -0.15) is 4.98 Å². The fraction of sp³-hybridized carbons (Fsp3) is 0.286. The fourth-order valence-electron chi connectivity index (χ4n) is 2.45. The summed E-state index contributed by atoms with van der Waals surface area (Å²) in [6, 6.07) is 15.4. The fourth-order valence-corrected chi connectivity index (χ4v) is 2.45. The molecule has 1 N–H and O–H groups in total. The van der Waals surface area contributed by atoms with Gasteiger partial charge in [-0.05, 0) is 47.3 Å². The minimum atomic E-state index is -0.356. The molecule has 0 bridgehead atoms. The zero-order valence-corrected chi connectivity index (χ0v) is 15.9. The summed E-state index contributed by atoms with van der Waals surface area (Å²) in [5.74, 6) is 0.738. The highest BCUT2D eigenvalue weighted by Crippen LogP contribution is 2.25. The number of anilines is 1. The van der Waals surface area contributed by atoms with Crippen LogP contribution in [-0.4, -0.2) is 22.7 Å². The van der Waals surface area contributed by atoms with E-state index >= 15 is 0 Å². The van der Waals surface area contributed by atoms with E-state index in [2.05, 4.69) is 36.2 Å². The lowest BCUT2D eigenvalue weighted by atomic mass is 9.87. The van der Waals surface area contributed by atoms with Gasteiger partial charge in [0, 0.05) is 5.56 Å². The minimum Gasteiger partial charge on any atom is -0.484 e. The Kier molecular flexibility index (Phi) is 5.26. The molecule has 0 atom stereocenters. The minimum absolute atomic E-state index is 0.0734. The molecule has 0 saturated heterocycles. The molecule has 3 rings (SSSR count). The zero-order valence-electron chi connectivity index (χ0n) is 15.9. The lowest BCUT2D eigenvalue weighted by Crippen LogP contribution is -2.20. The number of ether oxygens (including phenoxy) is 1. The first-order valence-corrected chi connectivity index (χ1v) is 8.75. The van der Waals surface area contributed by atoms with E-state index in [-0.39, 0.29) is 23.9 Å². The lowest BCUT2D eigenvalue weighted by Gasteiger charge is -2.18. The first-order valence-electron chi connectivity index (χ1n) is 8.75. The van der Waals surface area contributed by atoms with Gasteiger partial charge in [-0.1, -0.05) is 50.6 Å². The van der Waals surface area contributed by atoms with Gasteiger partial charge in [0.05, 0.1) is 0 Å². The van der Waals surface area contributed by atoms with Crippen molar-refractivity contribution in [1.29, 1.82) is 0 Å². The number of nitrogens with one attached hydrogen (secondary N) is 1. The molecule has 0 unspecified atom stereocenters. The van der Waals surface area contributed by atoms with Crippen LogP contribution in [0.1, 0.15) is 31.9 Å². The third-order valence-electron chi connectivity index (χ3n) is 4.07. The van der Waals surface area contributed by atoms with Crippen molar-refractivity contribution in [3.05, 3.63) is 59.7 Å². The molecule has 0 spiro atoms. The van der Waals surface area contributed by atoms with Gasteiger partial charge in [0.15, 0.2) is 6.61 Å². The van der Waals surface area contributed by atoms with E-state index in [9.17, 15) is 4.79 Å². The monoisotopic (exact) mass is 365 g/mol. The maximum Gasteiger partial charge on any atom is 0.270 e. The molecule has 27 heavy (non-hydrogen) atoms. The first kappa shape index (κ1) is 18.6. The highest BCUT2D eigenvalue weighted by molar-refractivity contribution is 5.90. The van der Waals surface area contributed by atoms with Crippen molar-refractivity contribution < 1.29 is 14.1 Å². The molecule has 0 aliphatic heterocycles. The molecule has 0 radical (unpaired) electrons. The third kappa shape index (κ3) is 4.94. The van der Waals surface area contributed by atoms with Gasteiger partial charge >= 0.3 is 0 Å². The van der Waals surface area contributed by atoms with Crippen LogP contribution in [0.3, 0.4) is 0 Å². The predicted octanol–water partition coefficient (Wildman–Crippen LogP) is 4.36. The van der Waals surface area contributed by atoms with Crippen molar-refractivity contribution in [2.24, 2.45) is 0 Å². The van der Waals surface area contributed by atoms with Crippen molar-refractivity contribution in [3.8, 4) is 17.2 Å². The Balaban J connectivity index is 1.58. The van der Waals surface area contributed by atoms with Gasteiger partial charge < -0.3 is 9.26 Å². The first-order chi connectivity index (χ1) is 12.8. The number of carbonyl (C=O) groups is 1. The molecule has 3 aromatic rings. The maximum atomic E-state index is 12.0. The number of nitrogens with zero attached hydrogens (tertiary/aromatic N) is 2. The number of benzene rings is 2. The van der Waals surface area contributed by atoms with E-state index in [4.69, 9.17) is 9.26 Å². The molecule has 1 heterocycles. The Labute approximate surface area is 158 Å². The summed E-state index contributed by atoms with van der Waals surface area (Å²) in [7, 11) is 0. The molecule has 140 valence electrons. The second kappa shape index (κ2) is 7.61. The van der Waals surface area contributed by atoms with E-state index in [1.54, 1.807) is 0 Å². The number of aryl methyl sites for hydroxylation is 1. The number of carbonyl (C=O) groups excluding carboxylic acids is 1. The number of hydrogen-bond acceptors (Lipinski definition) is 5. The highest BCUT2D eigenvalue weighted by Gasteiger charge is 2.15. The summed E-state index contributed by atoms with van der Waals surface area (Å²) in [5.41, 5.74) is 3.21.